The van der Waals surface area contributed by atoms with Crippen LogP contribution < -0.4 is 5.32 Å². The van der Waals surface area contributed by atoms with E-state index in [1.54, 1.807) is 0 Å². The average molecular weight is 224 g/mol. The summed E-state index contributed by atoms with van der Waals surface area (Å²) in [5.41, 5.74) is 1.11. The van der Waals surface area contributed by atoms with Crippen LogP contribution in [0.3, 0.4) is 0 Å². The molecular weight excluding hydrogens is 204 g/mol. The van der Waals surface area contributed by atoms with Crippen LogP contribution in [0, 0.1) is 0 Å². The molecule has 15 heavy (non-hydrogen) atoms. The van der Waals surface area contributed by atoms with Crippen molar-refractivity contribution in [3.63, 3.8) is 0 Å². The van der Waals surface area contributed by atoms with E-state index >= 15 is 0 Å². The van der Waals surface area contributed by atoms with Crippen molar-refractivity contribution in [3.8, 4) is 0 Å². The SMILES string of the molecule is CCCCSc1ccc(C(C)NC)nc1. The minimum absolute atomic E-state index is 0.333. The predicted octanol–water partition coefficient (Wildman–Crippen LogP) is 3.25. The van der Waals surface area contributed by atoms with Gasteiger partial charge in [0.15, 0.2) is 0 Å². The number of hydrogen-bond donors (Lipinski definition) is 1. The lowest BCUT2D eigenvalue weighted by molar-refractivity contribution is 0.631. The van der Waals surface area contributed by atoms with Crippen molar-refractivity contribution in [1.82, 2.24) is 10.3 Å². The van der Waals surface area contributed by atoms with E-state index in [9.17, 15) is 0 Å². The van der Waals surface area contributed by atoms with E-state index in [0.717, 1.165) is 5.69 Å². The molecule has 0 fully saturated rings. The minimum atomic E-state index is 0.333. The number of aromatic nitrogens is 1. The third-order valence-electron chi connectivity index (χ3n) is 2.40. The zero-order chi connectivity index (χ0) is 11.1. The summed E-state index contributed by atoms with van der Waals surface area (Å²) in [6.07, 6.45) is 4.51. The smallest absolute Gasteiger partial charge is 0.0571 e. The van der Waals surface area contributed by atoms with E-state index in [4.69, 9.17) is 0 Å². The van der Waals surface area contributed by atoms with Gasteiger partial charge in [-0.25, -0.2) is 0 Å². The van der Waals surface area contributed by atoms with Crippen molar-refractivity contribution >= 4 is 11.8 Å². The molecule has 0 aliphatic rings. The summed E-state index contributed by atoms with van der Waals surface area (Å²) < 4.78 is 0. The Hall–Kier alpha value is -0.540. The monoisotopic (exact) mass is 224 g/mol. The molecule has 0 radical (unpaired) electrons. The fraction of sp³-hybridized carbons (Fsp3) is 0.583. The standard InChI is InChI=1S/C12H20N2S/c1-4-5-8-15-11-6-7-12(14-9-11)10(2)13-3/h6-7,9-10,13H,4-5,8H2,1-3H3. The highest BCUT2D eigenvalue weighted by Gasteiger charge is 2.03. The molecule has 1 N–H and O–H groups in total. The van der Waals surface area contributed by atoms with Crippen LogP contribution in [-0.4, -0.2) is 17.8 Å². The number of nitrogens with one attached hydrogen (secondary N) is 1. The summed E-state index contributed by atoms with van der Waals surface area (Å²) in [4.78, 5) is 5.72. The van der Waals surface area contributed by atoms with Crippen LogP contribution in [-0.2, 0) is 0 Å². The molecule has 2 nitrogen and oxygen atoms in total. The number of rotatable bonds is 6. The molecule has 0 saturated heterocycles. The summed E-state index contributed by atoms with van der Waals surface area (Å²) in [7, 11) is 1.95. The van der Waals surface area contributed by atoms with Crippen molar-refractivity contribution in [3.05, 3.63) is 24.0 Å². The molecule has 1 aromatic rings. The molecule has 0 saturated carbocycles. The normalized spacial score (nSPS) is 12.7. The molecule has 0 amide bonds. The maximum absolute atomic E-state index is 4.44. The van der Waals surface area contributed by atoms with Crippen LogP contribution in [0.2, 0.25) is 0 Å². The van der Waals surface area contributed by atoms with Crippen LogP contribution in [0.15, 0.2) is 23.2 Å². The van der Waals surface area contributed by atoms with Crippen molar-refractivity contribution in [2.24, 2.45) is 0 Å². The Kier molecular flexibility index (Phi) is 5.73. The number of nitrogens with zero attached hydrogens (tertiary/aromatic N) is 1. The summed E-state index contributed by atoms with van der Waals surface area (Å²) in [6, 6.07) is 4.60. The molecule has 0 spiro atoms. The van der Waals surface area contributed by atoms with Gasteiger partial charge in [0, 0.05) is 17.1 Å². The maximum Gasteiger partial charge on any atom is 0.0571 e. The average Bonchev–Trinajstić information content (AvgIpc) is 2.29. The van der Waals surface area contributed by atoms with E-state index in [-0.39, 0.29) is 0 Å². The third-order valence-corrected chi connectivity index (χ3v) is 3.47. The first kappa shape index (κ1) is 12.5. The topological polar surface area (TPSA) is 24.9 Å². The van der Waals surface area contributed by atoms with E-state index in [1.807, 2.05) is 25.0 Å². The summed E-state index contributed by atoms with van der Waals surface area (Å²) in [5.74, 6) is 1.19. The lowest BCUT2D eigenvalue weighted by atomic mass is 10.2. The summed E-state index contributed by atoms with van der Waals surface area (Å²) in [6.45, 7) is 4.34. The molecule has 1 unspecified atom stereocenters. The summed E-state index contributed by atoms with van der Waals surface area (Å²) in [5, 5.41) is 3.18. The Morgan fingerprint density at radius 1 is 1.47 bits per heavy atom. The molecular formula is C12H20N2S. The van der Waals surface area contributed by atoms with Gasteiger partial charge in [0.2, 0.25) is 0 Å². The fourth-order valence-electron chi connectivity index (χ4n) is 1.22. The van der Waals surface area contributed by atoms with E-state index < -0.39 is 0 Å². The molecule has 0 aromatic carbocycles. The minimum Gasteiger partial charge on any atom is -0.312 e. The van der Waals surface area contributed by atoms with E-state index in [2.05, 4.69) is 36.3 Å². The van der Waals surface area contributed by atoms with Crippen LogP contribution in [0.4, 0.5) is 0 Å². The van der Waals surface area contributed by atoms with Crippen molar-refractivity contribution in [2.75, 3.05) is 12.8 Å². The Bertz CT molecular complexity index is 271. The third kappa shape index (κ3) is 4.22. The van der Waals surface area contributed by atoms with Crippen LogP contribution in [0.5, 0.6) is 0 Å². The second-order valence-electron chi connectivity index (χ2n) is 3.63. The van der Waals surface area contributed by atoms with Crippen LogP contribution in [0.25, 0.3) is 0 Å². The van der Waals surface area contributed by atoms with Gasteiger partial charge in [-0.15, -0.1) is 11.8 Å². The van der Waals surface area contributed by atoms with Crippen LogP contribution >= 0.6 is 11.8 Å². The van der Waals surface area contributed by atoms with E-state index in [1.165, 1.54) is 23.5 Å². The molecule has 0 aliphatic heterocycles. The molecule has 1 atom stereocenters. The molecule has 3 heteroatoms. The van der Waals surface area contributed by atoms with Gasteiger partial charge < -0.3 is 5.32 Å². The van der Waals surface area contributed by atoms with Gasteiger partial charge >= 0.3 is 0 Å². The number of thioether (sulfide) groups is 1. The zero-order valence-electron chi connectivity index (χ0n) is 9.79. The predicted molar refractivity (Wildman–Crippen MR) is 67.3 cm³/mol. The van der Waals surface area contributed by atoms with Crippen molar-refractivity contribution in [2.45, 2.75) is 37.6 Å². The van der Waals surface area contributed by atoms with Gasteiger partial charge in [-0.3, -0.25) is 4.98 Å². The van der Waals surface area contributed by atoms with Gasteiger partial charge in [0.05, 0.1) is 5.69 Å². The quantitative estimate of drug-likeness (QED) is 0.593. The second-order valence-corrected chi connectivity index (χ2v) is 4.80. The highest BCUT2D eigenvalue weighted by molar-refractivity contribution is 7.99. The van der Waals surface area contributed by atoms with Crippen molar-refractivity contribution < 1.29 is 0 Å². The Labute approximate surface area is 96.9 Å². The largest absolute Gasteiger partial charge is 0.312 e. The molecule has 84 valence electrons. The number of hydrogen-bond acceptors (Lipinski definition) is 3. The fourth-order valence-corrected chi connectivity index (χ4v) is 2.18. The highest BCUT2D eigenvalue weighted by atomic mass is 32.2. The summed E-state index contributed by atoms with van der Waals surface area (Å²) >= 11 is 1.89. The molecule has 1 heterocycles. The van der Waals surface area contributed by atoms with Crippen molar-refractivity contribution in [1.29, 1.82) is 0 Å². The Morgan fingerprint density at radius 3 is 2.80 bits per heavy atom. The van der Waals surface area contributed by atoms with Gasteiger partial charge in [-0.05, 0) is 38.3 Å². The van der Waals surface area contributed by atoms with Gasteiger partial charge in [0.25, 0.3) is 0 Å². The van der Waals surface area contributed by atoms with Gasteiger partial charge in [-0.2, -0.15) is 0 Å². The molecule has 0 aliphatic carbocycles. The number of unbranched alkanes of at least 4 members (excludes halogenated alkanes) is 1. The second kappa shape index (κ2) is 6.85. The number of pyridine rings is 1. The first-order valence-corrected chi connectivity index (χ1v) is 6.52. The van der Waals surface area contributed by atoms with Gasteiger partial charge in [-0.1, -0.05) is 13.3 Å². The molecule has 1 aromatic heterocycles. The Balaban J connectivity index is 2.49. The van der Waals surface area contributed by atoms with Gasteiger partial charge in [0.1, 0.15) is 0 Å². The first-order valence-electron chi connectivity index (χ1n) is 5.54. The maximum atomic E-state index is 4.44. The first-order chi connectivity index (χ1) is 7.27. The lowest BCUT2D eigenvalue weighted by Gasteiger charge is -2.09. The van der Waals surface area contributed by atoms with E-state index in [0.29, 0.717) is 6.04 Å². The molecule has 0 bridgehead atoms. The molecule has 1 rings (SSSR count). The lowest BCUT2D eigenvalue weighted by Crippen LogP contribution is -2.13. The van der Waals surface area contributed by atoms with Crippen LogP contribution in [0.1, 0.15) is 38.4 Å². The zero-order valence-corrected chi connectivity index (χ0v) is 10.6. The Morgan fingerprint density at radius 2 is 2.27 bits per heavy atom. The highest BCUT2D eigenvalue weighted by Crippen LogP contribution is 2.19.